The predicted molar refractivity (Wildman–Crippen MR) is 50.8 cm³/mol. The fraction of sp³-hybridized carbons (Fsp3) is 1.00. The van der Waals surface area contributed by atoms with Gasteiger partial charge in [-0.3, -0.25) is 5.43 Å². The van der Waals surface area contributed by atoms with Gasteiger partial charge < -0.3 is 5.73 Å². The number of hydrazine groups is 1. The van der Waals surface area contributed by atoms with E-state index in [2.05, 4.69) is 23.8 Å². The summed E-state index contributed by atoms with van der Waals surface area (Å²) >= 11 is 0. The van der Waals surface area contributed by atoms with Crippen LogP contribution in [0.15, 0.2) is 0 Å². The molecule has 66 valence electrons. The van der Waals surface area contributed by atoms with E-state index in [4.69, 9.17) is 5.73 Å². The molecule has 3 unspecified atom stereocenters. The summed E-state index contributed by atoms with van der Waals surface area (Å²) in [6.45, 7) is 5.46. The van der Waals surface area contributed by atoms with Crippen LogP contribution in [0.2, 0.25) is 0 Å². The number of rotatable bonds is 1. The van der Waals surface area contributed by atoms with Crippen molar-refractivity contribution in [3.8, 4) is 0 Å². The van der Waals surface area contributed by atoms with Crippen molar-refractivity contribution >= 4 is 8.73 Å². The van der Waals surface area contributed by atoms with E-state index in [-0.39, 0.29) is 0 Å². The first-order valence-electron chi connectivity index (χ1n) is 4.19. The summed E-state index contributed by atoms with van der Waals surface area (Å²) in [6, 6.07) is 0.981. The first-order valence-corrected chi connectivity index (χ1v) is 5.64. The highest BCUT2D eigenvalue weighted by Crippen LogP contribution is 2.19. The fourth-order valence-corrected chi connectivity index (χ4v) is 2.30. The van der Waals surface area contributed by atoms with Gasteiger partial charge in [0.25, 0.3) is 0 Å². The SMILES string of the molecule is CPN1NCCC(N)CC1C. The molecule has 1 aliphatic rings. The molecule has 1 heterocycles. The van der Waals surface area contributed by atoms with Crippen LogP contribution in [0.3, 0.4) is 0 Å². The highest BCUT2D eigenvalue weighted by atomic mass is 31.1. The summed E-state index contributed by atoms with van der Waals surface area (Å²) in [6.07, 6.45) is 2.22. The molecule has 0 radical (unpaired) electrons. The lowest BCUT2D eigenvalue weighted by Gasteiger charge is -2.25. The minimum atomic E-state index is 0.388. The van der Waals surface area contributed by atoms with Crippen LogP contribution in [0, 0.1) is 0 Å². The molecule has 0 aromatic carbocycles. The molecule has 0 aliphatic carbocycles. The van der Waals surface area contributed by atoms with Crippen LogP contribution in [0.1, 0.15) is 19.8 Å². The Morgan fingerprint density at radius 2 is 2.36 bits per heavy atom. The lowest BCUT2D eigenvalue weighted by Crippen LogP contribution is -2.36. The molecule has 1 aliphatic heterocycles. The Labute approximate surface area is 70.5 Å². The normalized spacial score (nSPS) is 36.3. The molecule has 1 saturated heterocycles. The molecule has 0 spiro atoms. The zero-order valence-corrected chi connectivity index (χ0v) is 8.30. The van der Waals surface area contributed by atoms with Crippen molar-refractivity contribution in [3.05, 3.63) is 0 Å². The smallest absolute Gasteiger partial charge is 0.0267 e. The van der Waals surface area contributed by atoms with Gasteiger partial charge in [0.2, 0.25) is 0 Å². The van der Waals surface area contributed by atoms with Gasteiger partial charge in [0.1, 0.15) is 0 Å². The Bertz CT molecular complexity index is 120. The molecule has 0 amide bonds. The molecule has 0 aromatic rings. The van der Waals surface area contributed by atoms with Gasteiger partial charge in [-0.15, -0.1) is 0 Å². The minimum absolute atomic E-state index is 0.388. The van der Waals surface area contributed by atoms with E-state index in [0.717, 1.165) is 28.1 Å². The Morgan fingerprint density at radius 3 is 3.00 bits per heavy atom. The lowest BCUT2D eigenvalue weighted by atomic mass is 10.1. The Balaban J connectivity index is 2.43. The van der Waals surface area contributed by atoms with Gasteiger partial charge in [-0.2, -0.15) is 0 Å². The minimum Gasteiger partial charge on any atom is -0.328 e. The predicted octanol–water partition coefficient (Wildman–Crippen LogP) is 0.526. The van der Waals surface area contributed by atoms with Crippen molar-refractivity contribution in [1.82, 2.24) is 10.2 Å². The van der Waals surface area contributed by atoms with Crippen LogP contribution in [0.25, 0.3) is 0 Å². The maximum atomic E-state index is 5.88. The van der Waals surface area contributed by atoms with Crippen LogP contribution in [0.4, 0.5) is 0 Å². The second-order valence-electron chi connectivity index (χ2n) is 3.14. The number of hydrogen-bond donors (Lipinski definition) is 2. The van der Waals surface area contributed by atoms with Crippen LogP contribution in [0.5, 0.6) is 0 Å². The molecule has 0 saturated carbocycles. The van der Waals surface area contributed by atoms with Crippen LogP contribution in [-0.2, 0) is 0 Å². The standard InChI is InChI=1S/C7H18N3P/c1-6-5-7(8)3-4-9-10(6)11-2/h6-7,9,11H,3-5,8H2,1-2H3. The summed E-state index contributed by atoms with van der Waals surface area (Å²) in [5, 5.41) is 0. The number of nitrogens with two attached hydrogens (primary N) is 1. The molecule has 1 fully saturated rings. The molecule has 3 atom stereocenters. The largest absolute Gasteiger partial charge is 0.328 e. The molecule has 3 N–H and O–H groups in total. The molecule has 4 heteroatoms. The topological polar surface area (TPSA) is 41.3 Å². The average Bonchev–Trinajstić information content (AvgIpc) is 2.11. The van der Waals surface area contributed by atoms with Crippen LogP contribution in [-0.4, -0.2) is 30.1 Å². The van der Waals surface area contributed by atoms with E-state index < -0.39 is 0 Å². The van der Waals surface area contributed by atoms with Crippen molar-refractivity contribution in [2.45, 2.75) is 31.8 Å². The molecule has 11 heavy (non-hydrogen) atoms. The van der Waals surface area contributed by atoms with Crippen molar-refractivity contribution in [2.75, 3.05) is 13.2 Å². The number of nitrogens with one attached hydrogen (secondary N) is 1. The first kappa shape index (κ1) is 9.40. The quantitative estimate of drug-likeness (QED) is 0.571. The third-order valence-corrected chi connectivity index (χ3v) is 3.20. The van der Waals surface area contributed by atoms with Gasteiger partial charge in [-0.25, -0.2) is 4.78 Å². The summed E-state index contributed by atoms with van der Waals surface area (Å²) in [4.78, 5) is 0. The van der Waals surface area contributed by atoms with Gasteiger partial charge in [0, 0.05) is 18.6 Å². The maximum absolute atomic E-state index is 5.88. The molecule has 0 bridgehead atoms. The van der Waals surface area contributed by atoms with Crippen LogP contribution < -0.4 is 11.2 Å². The van der Waals surface area contributed by atoms with E-state index in [0.29, 0.717) is 12.1 Å². The number of nitrogens with zero attached hydrogens (tertiary/aromatic N) is 1. The second kappa shape index (κ2) is 4.36. The van der Waals surface area contributed by atoms with E-state index in [1.165, 1.54) is 0 Å². The lowest BCUT2D eigenvalue weighted by molar-refractivity contribution is 0.288. The van der Waals surface area contributed by atoms with Crippen molar-refractivity contribution in [2.24, 2.45) is 5.73 Å². The van der Waals surface area contributed by atoms with Gasteiger partial charge in [-0.05, 0) is 35.2 Å². The zero-order valence-electron chi connectivity index (χ0n) is 7.30. The van der Waals surface area contributed by atoms with Crippen molar-refractivity contribution in [1.29, 1.82) is 0 Å². The van der Waals surface area contributed by atoms with E-state index in [1.54, 1.807) is 0 Å². The Morgan fingerprint density at radius 1 is 1.64 bits per heavy atom. The molecular formula is C7H18N3P. The van der Waals surface area contributed by atoms with Gasteiger partial charge in [0.05, 0.1) is 0 Å². The van der Waals surface area contributed by atoms with E-state index >= 15 is 0 Å². The summed E-state index contributed by atoms with van der Waals surface area (Å²) in [5.74, 6) is 0. The summed E-state index contributed by atoms with van der Waals surface area (Å²) < 4.78 is 2.30. The van der Waals surface area contributed by atoms with E-state index in [9.17, 15) is 0 Å². The molecule has 3 nitrogen and oxygen atoms in total. The monoisotopic (exact) mass is 175 g/mol. The summed E-state index contributed by atoms with van der Waals surface area (Å²) in [5.41, 5.74) is 9.26. The van der Waals surface area contributed by atoms with E-state index in [1.807, 2.05) is 0 Å². The highest BCUT2D eigenvalue weighted by molar-refractivity contribution is 7.34. The number of hydrogen-bond acceptors (Lipinski definition) is 3. The van der Waals surface area contributed by atoms with Crippen LogP contribution >= 0.6 is 8.73 Å². The first-order chi connectivity index (χ1) is 5.24. The van der Waals surface area contributed by atoms with Gasteiger partial charge in [-0.1, -0.05) is 0 Å². The highest BCUT2D eigenvalue weighted by Gasteiger charge is 2.18. The molecule has 1 rings (SSSR count). The third-order valence-electron chi connectivity index (χ3n) is 2.12. The van der Waals surface area contributed by atoms with Gasteiger partial charge >= 0.3 is 0 Å². The summed E-state index contributed by atoms with van der Waals surface area (Å²) in [7, 11) is 0.839. The zero-order chi connectivity index (χ0) is 8.27. The van der Waals surface area contributed by atoms with Gasteiger partial charge in [0.15, 0.2) is 0 Å². The molecule has 0 aromatic heterocycles. The maximum Gasteiger partial charge on any atom is 0.0267 e. The van der Waals surface area contributed by atoms with Crippen molar-refractivity contribution in [3.63, 3.8) is 0 Å². The Kier molecular flexibility index (Phi) is 3.73. The van der Waals surface area contributed by atoms with Crippen molar-refractivity contribution < 1.29 is 0 Å². The average molecular weight is 175 g/mol. The second-order valence-corrected chi connectivity index (χ2v) is 4.06. The fourth-order valence-electron chi connectivity index (χ4n) is 1.49. The third kappa shape index (κ3) is 2.68. The molecular weight excluding hydrogens is 157 g/mol. The Hall–Kier alpha value is 0.310.